The lowest BCUT2D eigenvalue weighted by atomic mass is 9.92. The fourth-order valence-corrected chi connectivity index (χ4v) is 1.79. The molecule has 0 aliphatic carbocycles. The average molecular weight is 280 g/mol. The van der Waals surface area contributed by atoms with Gasteiger partial charge < -0.3 is 19.7 Å². The molecule has 1 aromatic rings. The number of hydrogen-bond acceptors (Lipinski definition) is 7. The topological polar surface area (TPSA) is 110 Å². The van der Waals surface area contributed by atoms with Gasteiger partial charge in [-0.1, -0.05) is 30.3 Å². The van der Waals surface area contributed by atoms with Crippen LogP contribution in [-0.4, -0.2) is 52.9 Å². The van der Waals surface area contributed by atoms with Crippen LogP contribution in [0.25, 0.3) is 0 Å². The van der Waals surface area contributed by atoms with Crippen LogP contribution in [0.3, 0.4) is 0 Å². The summed E-state index contributed by atoms with van der Waals surface area (Å²) in [5, 5.41) is 18.2. The van der Waals surface area contributed by atoms with Crippen molar-refractivity contribution in [1.29, 1.82) is 0 Å². The molecule has 0 aromatic heterocycles. The second kappa shape index (κ2) is 5.40. The van der Waals surface area contributed by atoms with Gasteiger partial charge in [0.2, 0.25) is 11.9 Å². The fraction of sp³-hybridized carbons (Fsp3) is 0.308. The molecule has 2 N–H and O–H groups in total. The lowest BCUT2D eigenvalue weighted by Gasteiger charge is -2.34. The van der Waals surface area contributed by atoms with Crippen molar-refractivity contribution in [3.8, 4) is 0 Å². The molecule has 1 fully saturated rings. The van der Waals surface area contributed by atoms with Crippen molar-refractivity contribution in [2.45, 2.75) is 11.7 Å². The van der Waals surface area contributed by atoms with Crippen LogP contribution in [0.4, 0.5) is 0 Å². The van der Waals surface area contributed by atoms with E-state index in [0.717, 1.165) is 0 Å². The number of ketones is 1. The Morgan fingerprint density at radius 2 is 1.85 bits per heavy atom. The Bertz CT molecular complexity index is 539. The smallest absolute Gasteiger partial charge is 0.362 e. The van der Waals surface area contributed by atoms with E-state index in [0.29, 0.717) is 0 Å². The molecular formula is C13H12O7. The van der Waals surface area contributed by atoms with Crippen LogP contribution in [0.5, 0.6) is 0 Å². The minimum absolute atomic E-state index is 0.0914. The Morgan fingerprint density at radius 3 is 2.40 bits per heavy atom. The van der Waals surface area contributed by atoms with Crippen LogP contribution in [0.15, 0.2) is 30.3 Å². The van der Waals surface area contributed by atoms with Crippen molar-refractivity contribution in [3.05, 3.63) is 35.9 Å². The van der Waals surface area contributed by atoms with Gasteiger partial charge in [-0.3, -0.25) is 4.79 Å². The first kappa shape index (κ1) is 14.2. The molecule has 0 radical (unpaired) electrons. The third-order valence-electron chi connectivity index (χ3n) is 2.91. The lowest BCUT2D eigenvalue weighted by molar-refractivity contribution is -0.210. The van der Waals surface area contributed by atoms with Crippen LogP contribution < -0.4 is 0 Å². The molecule has 0 saturated carbocycles. The summed E-state index contributed by atoms with van der Waals surface area (Å²) in [7, 11) is 0. The summed E-state index contributed by atoms with van der Waals surface area (Å²) in [6.45, 7) is -1.80. The number of benzene rings is 1. The van der Waals surface area contributed by atoms with Crippen molar-refractivity contribution in [3.63, 3.8) is 0 Å². The Morgan fingerprint density at radius 1 is 1.20 bits per heavy atom. The zero-order valence-corrected chi connectivity index (χ0v) is 10.3. The van der Waals surface area contributed by atoms with E-state index in [1.54, 1.807) is 18.2 Å². The first-order valence-electron chi connectivity index (χ1n) is 5.80. The highest BCUT2D eigenvalue weighted by atomic mass is 16.7. The van der Waals surface area contributed by atoms with Gasteiger partial charge in [0.25, 0.3) is 5.60 Å². The second-order valence-corrected chi connectivity index (χ2v) is 4.18. The molecule has 1 aliphatic rings. The average Bonchev–Trinajstić information content (AvgIpc) is 2.49. The van der Waals surface area contributed by atoms with E-state index >= 15 is 0 Å². The zero-order chi connectivity index (χ0) is 14.8. The fourth-order valence-electron chi connectivity index (χ4n) is 1.79. The third kappa shape index (κ3) is 2.17. The largest absolute Gasteiger partial charge is 0.444 e. The predicted octanol–water partition coefficient (Wildman–Crippen LogP) is -0.939. The Kier molecular flexibility index (Phi) is 3.82. The van der Waals surface area contributed by atoms with Crippen molar-refractivity contribution in [2.75, 3.05) is 13.2 Å². The molecule has 106 valence electrons. The molecule has 2 atom stereocenters. The van der Waals surface area contributed by atoms with Gasteiger partial charge in [-0.05, 0) is 0 Å². The van der Waals surface area contributed by atoms with E-state index in [1.807, 2.05) is 0 Å². The molecule has 1 aliphatic heterocycles. The minimum Gasteiger partial charge on any atom is -0.444 e. The normalized spacial score (nSPS) is 25.8. The number of hydrogen-bond donors (Lipinski definition) is 2. The molecule has 0 bridgehead atoms. The van der Waals surface area contributed by atoms with E-state index in [-0.39, 0.29) is 5.56 Å². The highest BCUT2D eigenvalue weighted by Gasteiger charge is 2.56. The Hall–Kier alpha value is -2.25. The molecule has 2 unspecified atom stereocenters. The molecule has 0 amide bonds. The van der Waals surface area contributed by atoms with Gasteiger partial charge in [0.05, 0.1) is 6.61 Å². The standard InChI is InChI=1S/C13H12O7/c14-6-9-11(17)20-13(7-15,12(18)19-9)10(16)8-4-2-1-3-5-8/h1-5,9,14-15H,6-7H2. The number of aliphatic hydroxyl groups is 2. The summed E-state index contributed by atoms with van der Waals surface area (Å²) < 4.78 is 9.44. The molecule has 2 rings (SSSR count). The Balaban J connectivity index is 2.37. The first-order chi connectivity index (χ1) is 9.55. The molecule has 7 nitrogen and oxygen atoms in total. The summed E-state index contributed by atoms with van der Waals surface area (Å²) >= 11 is 0. The van der Waals surface area contributed by atoms with Crippen LogP contribution in [0.1, 0.15) is 10.4 Å². The molecular weight excluding hydrogens is 268 g/mol. The number of carbonyl (C=O) groups excluding carboxylic acids is 3. The van der Waals surface area contributed by atoms with Crippen LogP contribution >= 0.6 is 0 Å². The number of cyclic esters (lactones) is 2. The van der Waals surface area contributed by atoms with Gasteiger partial charge in [0, 0.05) is 5.56 Å². The maximum atomic E-state index is 12.3. The van der Waals surface area contributed by atoms with E-state index in [4.69, 9.17) is 9.84 Å². The summed E-state index contributed by atoms with van der Waals surface area (Å²) in [5.74, 6) is -3.16. The van der Waals surface area contributed by atoms with Gasteiger partial charge in [0.15, 0.2) is 0 Å². The molecule has 1 aromatic carbocycles. The second-order valence-electron chi connectivity index (χ2n) is 4.18. The van der Waals surface area contributed by atoms with E-state index in [1.165, 1.54) is 12.1 Å². The van der Waals surface area contributed by atoms with Crippen molar-refractivity contribution in [1.82, 2.24) is 0 Å². The SMILES string of the molecule is O=C1OC(CO)(C(=O)c2ccccc2)C(=O)OC1CO. The number of rotatable bonds is 4. The van der Waals surface area contributed by atoms with Crippen molar-refractivity contribution >= 4 is 17.7 Å². The number of Topliss-reactive ketones (excluding diaryl/α,β-unsaturated/α-hetero) is 1. The summed E-state index contributed by atoms with van der Waals surface area (Å²) in [6.07, 6.45) is -1.48. The van der Waals surface area contributed by atoms with E-state index in [9.17, 15) is 19.5 Å². The van der Waals surface area contributed by atoms with Crippen LogP contribution in [0, 0.1) is 0 Å². The molecule has 1 heterocycles. The van der Waals surface area contributed by atoms with E-state index < -0.39 is 42.6 Å². The van der Waals surface area contributed by atoms with Gasteiger partial charge in [-0.15, -0.1) is 0 Å². The molecule has 1 saturated heterocycles. The molecule has 20 heavy (non-hydrogen) atoms. The van der Waals surface area contributed by atoms with Gasteiger partial charge in [-0.25, -0.2) is 9.59 Å². The number of aliphatic hydroxyl groups excluding tert-OH is 2. The number of carbonyl (C=O) groups is 3. The van der Waals surface area contributed by atoms with Crippen molar-refractivity contribution in [2.24, 2.45) is 0 Å². The maximum Gasteiger partial charge on any atom is 0.362 e. The van der Waals surface area contributed by atoms with Gasteiger partial charge in [0.1, 0.15) is 6.61 Å². The van der Waals surface area contributed by atoms with Gasteiger partial charge >= 0.3 is 11.9 Å². The number of esters is 2. The first-order valence-corrected chi connectivity index (χ1v) is 5.80. The summed E-state index contributed by atoms with van der Waals surface area (Å²) in [5.41, 5.74) is -2.32. The highest BCUT2D eigenvalue weighted by molar-refractivity contribution is 6.17. The Labute approximate surface area is 113 Å². The highest BCUT2D eigenvalue weighted by Crippen LogP contribution is 2.25. The quantitative estimate of drug-likeness (QED) is 0.416. The third-order valence-corrected chi connectivity index (χ3v) is 2.91. The molecule has 0 spiro atoms. The minimum atomic E-state index is -2.41. The van der Waals surface area contributed by atoms with Crippen LogP contribution in [-0.2, 0) is 19.1 Å². The monoisotopic (exact) mass is 280 g/mol. The maximum absolute atomic E-state index is 12.3. The van der Waals surface area contributed by atoms with Gasteiger partial charge in [-0.2, -0.15) is 0 Å². The van der Waals surface area contributed by atoms with E-state index in [2.05, 4.69) is 4.74 Å². The predicted molar refractivity (Wildman–Crippen MR) is 63.6 cm³/mol. The zero-order valence-electron chi connectivity index (χ0n) is 10.3. The summed E-state index contributed by atoms with van der Waals surface area (Å²) in [6, 6.07) is 7.61. The number of ether oxygens (including phenoxy) is 2. The van der Waals surface area contributed by atoms with Crippen LogP contribution in [0.2, 0.25) is 0 Å². The summed E-state index contributed by atoms with van der Waals surface area (Å²) in [4.78, 5) is 35.7. The lowest BCUT2D eigenvalue weighted by Crippen LogP contribution is -2.61. The van der Waals surface area contributed by atoms with Crippen molar-refractivity contribution < 1.29 is 34.1 Å². The molecule has 7 heteroatoms.